The van der Waals surface area contributed by atoms with Crippen LogP contribution in [-0.4, -0.2) is 86.7 Å². The van der Waals surface area contributed by atoms with E-state index in [0.29, 0.717) is 25.9 Å². The highest BCUT2D eigenvalue weighted by molar-refractivity contribution is 7.90. The van der Waals surface area contributed by atoms with E-state index in [1.165, 1.54) is 4.90 Å². The first-order valence-corrected chi connectivity index (χ1v) is 8.76. The van der Waals surface area contributed by atoms with Crippen molar-refractivity contribution in [2.75, 3.05) is 45.3 Å². The number of rotatable bonds is 6. The van der Waals surface area contributed by atoms with E-state index in [1.807, 2.05) is 0 Å². The molecule has 1 aliphatic heterocycles. The number of aliphatic carboxylic acids is 1. The van der Waals surface area contributed by atoms with E-state index in [2.05, 4.69) is 0 Å². The maximum Gasteiger partial charge on any atom is 0.329 e. The molecule has 1 fully saturated rings. The van der Waals surface area contributed by atoms with Crippen LogP contribution in [0.2, 0.25) is 0 Å². The second-order valence-electron chi connectivity index (χ2n) is 5.23. The summed E-state index contributed by atoms with van der Waals surface area (Å²) in [6, 6.07) is -0.213. The summed E-state index contributed by atoms with van der Waals surface area (Å²) >= 11 is 0. The zero-order valence-electron chi connectivity index (χ0n) is 12.3. The predicted molar refractivity (Wildman–Crippen MR) is 75.9 cm³/mol. The van der Waals surface area contributed by atoms with Gasteiger partial charge in [0.2, 0.25) is 0 Å². The molecule has 0 bridgehead atoms. The van der Waals surface area contributed by atoms with Gasteiger partial charge in [0.25, 0.3) is 0 Å². The van der Waals surface area contributed by atoms with Gasteiger partial charge >= 0.3 is 12.0 Å². The molecule has 0 saturated carbocycles. The van der Waals surface area contributed by atoms with E-state index in [4.69, 9.17) is 9.84 Å². The molecular weight excluding hydrogens is 300 g/mol. The van der Waals surface area contributed by atoms with Crippen LogP contribution in [0.15, 0.2) is 0 Å². The Kier molecular flexibility index (Phi) is 6.41. The third-order valence-corrected chi connectivity index (χ3v) is 4.20. The number of amides is 2. The largest absolute Gasteiger partial charge is 0.480 e. The van der Waals surface area contributed by atoms with Gasteiger partial charge in [0.1, 0.15) is 16.4 Å². The molecule has 9 heteroatoms. The molecule has 8 nitrogen and oxygen atoms in total. The van der Waals surface area contributed by atoms with Gasteiger partial charge in [-0.3, -0.25) is 0 Å². The van der Waals surface area contributed by atoms with Crippen molar-refractivity contribution in [1.29, 1.82) is 0 Å². The summed E-state index contributed by atoms with van der Waals surface area (Å²) in [5.41, 5.74) is 0. The number of carboxylic acid groups (broad SMARTS) is 1. The first-order valence-electron chi connectivity index (χ1n) is 6.70. The normalized spacial score (nSPS) is 16.8. The van der Waals surface area contributed by atoms with Crippen LogP contribution in [-0.2, 0) is 19.4 Å². The predicted octanol–water partition coefficient (Wildman–Crippen LogP) is -0.352. The molecular formula is C12H22N2O6S. The standard InChI is InChI=1S/C12H22N2O6S/c1-13(7-8-21(2,18)19)12(17)14-5-3-10(4-6-14)20-9-11(15)16/h10H,3-9H2,1-2H3,(H,15,16). The van der Waals surface area contributed by atoms with Crippen LogP contribution < -0.4 is 0 Å². The number of hydrogen-bond acceptors (Lipinski definition) is 5. The summed E-state index contributed by atoms with van der Waals surface area (Å²) < 4.78 is 27.4. The number of nitrogens with zero attached hydrogens (tertiary/aromatic N) is 2. The lowest BCUT2D eigenvalue weighted by molar-refractivity contribution is -0.145. The Morgan fingerprint density at radius 1 is 1.33 bits per heavy atom. The molecule has 0 spiro atoms. The van der Waals surface area contributed by atoms with Crippen molar-refractivity contribution in [3.05, 3.63) is 0 Å². The van der Waals surface area contributed by atoms with Crippen LogP contribution in [0.5, 0.6) is 0 Å². The van der Waals surface area contributed by atoms with Crippen LogP contribution in [0.4, 0.5) is 4.79 Å². The van der Waals surface area contributed by atoms with Crippen molar-refractivity contribution in [3.63, 3.8) is 0 Å². The van der Waals surface area contributed by atoms with Crippen molar-refractivity contribution in [1.82, 2.24) is 9.80 Å². The van der Waals surface area contributed by atoms with Crippen molar-refractivity contribution in [3.8, 4) is 0 Å². The van der Waals surface area contributed by atoms with Crippen molar-refractivity contribution >= 4 is 21.8 Å². The summed E-state index contributed by atoms with van der Waals surface area (Å²) in [5, 5.41) is 8.54. The van der Waals surface area contributed by atoms with Gasteiger partial charge in [0.05, 0.1) is 11.9 Å². The van der Waals surface area contributed by atoms with Crippen LogP contribution in [0.25, 0.3) is 0 Å². The zero-order chi connectivity index (χ0) is 16.0. The number of hydrogen-bond donors (Lipinski definition) is 1. The van der Waals surface area contributed by atoms with Gasteiger partial charge in [-0.25, -0.2) is 18.0 Å². The number of carboxylic acids is 1. The average Bonchev–Trinajstić information content (AvgIpc) is 2.41. The van der Waals surface area contributed by atoms with Crippen molar-refractivity contribution < 1.29 is 27.9 Å². The molecule has 1 saturated heterocycles. The Hall–Kier alpha value is -1.35. The van der Waals surface area contributed by atoms with Gasteiger partial charge in [0.15, 0.2) is 0 Å². The lowest BCUT2D eigenvalue weighted by atomic mass is 10.1. The van der Waals surface area contributed by atoms with Crippen molar-refractivity contribution in [2.45, 2.75) is 18.9 Å². The summed E-state index contributed by atoms with van der Waals surface area (Å²) in [4.78, 5) is 25.5. The molecule has 1 heterocycles. The fraction of sp³-hybridized carbons (Fsp3) is 0.833. The van der Waals surface area contributed by atoms with E-state index in [1.54, 1.807) is 11.9 Å². The van der Waals surface area contributed by atoms with Crippen LogP contribution in [0, 0.1) is 0 Å². The van der Waals surface area contributed by atoms with Gasteiger partial charge in [0, 0.05) is 32.9 Å². The second-order valence-corrected chi connectivity index (χ2v) is 7.48. The minimum absolute atomic E-state index is 0.0621. The Morgan fingerprint density at radius 3 is 2.38 bits per heavy atom. The number of ether oxygens (including phenoxy) is 1. The topological polar surface area (TPSA) is 104 Å². The number of carbonyl (C=O) groups excluding carboxylic acids is 1. The molecule has 1 N–H and O–H groups in total. The highest BCUT2D eigenvalue weighted by atomic mass is 32.2. The van der Waals surface area contributed by atoms with Crippen LogP contribution >= 0.6 is 0 Å². The first kappa shape index (κ1) is 17.7. The van der Waals surface area contributed by atoms with Crippen molar-refractivity contribution in [2.24, 2.45) is 0 Å². The molecule has 0 aromatic heterocycles. The van der Waals surface area contributed by atoms with E-state index >= 15 is 0 Å². The molecule has 2 amide bonds. The fourth-order valence-electron chi connectivity index (χ4n) is 2.04. The van der Waals surface area contributed by atoms with Gasteiger partial charge in [-0.05, 0) is 12.8 Å². The summed E-state index contributed by atoms with van der Waals surface area (Å²) in [7, 11) is -1.53. The highest BCUT2D eigenvalue weighted by Crippen LogP contribution is 2.15. The summed E-state index contributed by atoms with van der Waals surface area (Å²) in [6.45, 7) is 0.790. The molecule has 0 unspecified atom stereocenters. The fourth-order valence-corrected chi connectivity index (χ4v) is 2.65. The lowest BCUT2D eigenvalue weighted by Gasteiger charge is -2.34. The van der Waals surface area contributed by atoms with Gasteiger partial charge in [-0.2, -0.15) is 0 Å². The summed E-state index contributed by atoms with van der Waals surface area (Å²) in [5.74, 6) is -1.07. The Morgan fingerprint density at radius 2 is 1.90 bits per heavy atom. The molecule has 122 valence electrons. The minimum atomic E-state index is -3.10. The molecule has 21 heavy (non-hydrogen) atoms. The number of urea groups is 1. The molecule has 0 radical (unpaired) electrons. The highest BCUT2D eigenvalue weighted by Gasteiger charge is 2.25. The molecule has 0 atom stereocenters. The zero-order valence-corrected chi connectivity index (χ0v) is 13.1. The second kappa shape index (κ2) is 7.60. The molecule has 1 rings (SSSR count). The van der Waals surface area contributed by atoms with Gasteiger partial charge in [-0.1, -0.05) is 0 Å². The number of likely N-dealkylation sites (tertiary alicyclic amines) is 1. The molecule has 1 aliphatic rings. The Bertz CT molecular complexity index is 470. The Balaban J connectivity index is 2.35. The van der Waals surface area contributed by atoms with E-state index in [0.717, 1.165) is 6.26 Å². The van der Waals surface area contributed by atoms with Crippen LogP contribution in [0.3, 0.4) is 0 Å². The van der Waals surface area contributed by atoms with Gasteiger partial charge in [-0.15, -0.1) is 0 Å². The minimum Gasteiger partial charge on any atom is -0.480 e. The SMILES string of the molecule is CN(CCS(C)(=O)=O)C(=O)N1CCC(OCC(=O)O)CC1. The third kappa shape index (κ3) is 6.76. The van der Waals surface area contributed by atoms with Crippen LogP contribution in [0.1, 0.15) is 12.8 Å². The quantitative estimate of drug-likeness (QED) is 0.716. The van der Waals surface area contributed by atoms with E-state index in [-0.39, 0.29) is 31.0 Å². The maximum atomic E-state index is 12.1. The van der Waals surface area contributed by atoms with E-state index < -0.39 is 15.8 Å². The number of piperidine rings is 1. The number of sulfone groups is 1. The lowest BCUT2D eigenvalue weighted by Crippen LogP contribution is -2.47. The number of carbonyl (C=O) groups is 2. The smallest absolute Gasteiger partial charge is 0.329 e. The third-order valence-electron chi connectivity index (χ3n) is 3.28. The van der Waals surface area contributed by atoms with E-state index in [9.17, 15) is 18.0 Å². The first-order chi connectivity index (χ1) is 9.69. The molecule has 0 aromatic carbocycles. The summed E-state index contributed by atoms with van der Waals surface area (Å²) in [6.07, 6.45) is 2.15. The monoisotopic (exact) mass is 322 g/mol. The van der Waals surface area contributed by atoms with Gasteiger partial charge < -0.3 is 19.6 Å². The molecule has 0 aromatic rings. The molecule has 0 aliphatic carbocycles. The average molecular weight is 322 g/mol. The maximum absolute atomic E-state index is 12.1. The Labute approximate surface area is 124 Å².